The van der Waals surface area contributed by atoms with Gasteiger partial charge >= 0.3 is 0 Å². The number of nitrogens with zero attached hydrogens (tertiary/aromatic N) is 2. The number of nitrogens with two attached hydrogens (primary N) is 1. The molecule has 0 spiro atoms. The Bertz CT molecular complexity index is 520. The van der Waals surface area contributed by atoms with Gasteiger partial charge in [-0.25, -0.2) is 0 Å². The summed E-state index contributed by atoms with van der Waals surface area (Å²) in [5.74, 6) is 0.234. The summed E-state index contributed by atoms with van der Waals surface area (Å²) < 4.78 is 4.43. The topological polar surface area (TPSA) is 66.0 Å². The van der Waals surface area contributed by atoms with Crippen LogP contribution < -0.4 is 10.6 Å². The minimum Gasteiger partial charge on any atom is -0.388 e. The maximum Gasteiger partial charge on any atom is 0.119 e. The van der Waals surface area contributed by atoms with E-state index < -0.39 is 0 Å². The number of rotatable bonds is 5. The Morgan fingerprint density at radius 1 is 1.47 bits per heavy atom. The summed E-state index contributed by atoms with van der Waals surface area (Å²) >= 11 is 1.51. The molecule has 0 aliphatic carbocycles. The maximum absolute atomic E-state index is 7.29. The van der Waals surface area contributed by atoms with Crippen LogP contribution in [0.25, 0.3) is 10.9 Å². The molecule has 2 rings (SSSR count). The van der Waals surface area contributed by atoms with Gasteiger partial charge in [-0.1, -0.05) is 12.1 Å². The van der Waals surface area contributed by atoms with Gasteiger partial charge in [0.1, 0.15) is 5.00 Å². The smallest absolute Gasteiger partial charge is 0.119 e. The Morgan fingerprint density at radius 2 is 2.24 bits per heavy atom. The van der Waals surface area contributed by atoms with Crippen LogP contribution in [-0.4, -0.2) is 23.3 Å². The van der Waals surface area contributed by atoms with Gasteiger partial charge in [0.25, 0.3) is 0 Å². The van der Waals surface area contributed by atoms with E-state index in [0.717, 1.165) is 18.6 Å². The van der Waals surface area contributed by atoms with Crippen LogP contribution in [0, 0.1) is 5.41 Å². The van der Waals surface area contributed by atoms with Crippen molar-refractivity contribution < 1.29 is 0 Å². The standard InChI is InChI=1S/C12H16N4S/c1-2-16(8-7-11(13)14)12-9-5-3-4-6-10(9)15-17-12/h3-6H,2,7-8H2,1H3,(H3,13,14). The Balaban J connectivity index is 2.27. The number of hydrogen-bond acceptors (Lipinski definition) is 4. The van der Waals surface area contributed by atoms with Crippen molar-refractivity contribution in [2.75, 3.05) is 18.0 Å². The summed E-state index contributed by atoms with van der Waals surface area (Å²) in [6.45, 7) is 3.78. The summed E-state index contributed by atoms with van der Waals surface area (Å²) in [5, 5.41) is 9.64. The fraction of sp³-hybridized carbons (Fsp3) is 0.333. The average molecular weight is 248 g/mol. The number of hydrogen-bond donors (Lipinski definition) is 2. The largest absolute Gasteiger partial charge is 0.388 e. The van der Waals surface area contributed by atoms with Crippen LogP contribution in [0.5, 0.6) is 0 Å². The lowest BCUT2D eigenvalue weighted by atomic mass is 10.2. The van der Waals surface area contributed by atoms with E-state index in [4.69, 9.17) is 11.1 Å². The Kier molecular flexibility index (Phi) is 3.58. The van der Waals surface area contributed by atoms with Crippen molar-refractivity contribution in [2.45, 2.75) is 13.3 Å². The Labute approximate surface area is 105 Å². The molecule has 0 saturated carbocycles. The highest BCUT2D eigenvalue weighted by Crippen LogP contribution is 2.30. The average Bonchev–Trinajstić information content (AvgIpc) is 2.74. The third-order valence-electron chi connectivity index (χ3n) is 2.68. The summed E-state index contributed by atoms with van der Waals surface area (Å²) in [5.41, 5.74) is 6.44. The molecular weight excluding hydrogens is 232 g/mol. The lowest BCUT2D eigenvalue weighted by Gasteiger charge is -2.20. The first-order valence-corrected chi connectivity index (χ1v) is 6.42. The first-order chi connectivity index (χ1) is 8.22. The van der Waals surface area contributed by atoms with E-state index >= 15 is 0 Å². The van der Waals surface area contributed by atoms with E-state index in [1.807, 2.05) is 18.2 Å². The Morgan fingerprint density at radius 3 is 2.94 bits per heavy atom. The predicted octanol–water partition coefficient (Wildman–Crippen LogP) is 2.45. The quantitative estimate of drug-likeness (QED) is 0.631. The highest BCUT2D eigenvalue weighted by Gasteiger charge is 2.11. The second-order valence-corrected chi connectivity index (χ2v) is 4.61. The number of benzene rings is 1. The molecule has 4 nitrogen and oxygen atoms in total. The summed E-state index contributed by atoms with van der Waals surface area (Å²) in [6, 6.07) is 8.13. The van der Waals surface area contributed by atoms with Gasteiger partial charge in [-0.3, -0.25) is 5.41 Å². The summed E-state index contributed by atoms with van der Waals surface area (Å²) in [6.07, 6.45) is 0.597. The highest BCUT2D eigenvalue weighted by molar-refractivity contribution is 7.11. The summed E-state index contributed by atoms with van der Waals surface area (Å²) in [7, 11) is 0. The normalized spacial score (nSPS) is 10.6. The molecule has 0 saturated heterocycles. The van der Waals surface area contributed by atoms with Crippen molar-refractivity contribution in [2.24, 2.45) is 5.73 Å². The minimum absolute atomic E-state index is 0.234. The molecule has 0 unspecified atom stereocenters. The zero-order chi connectivity index (χ0) is 12.3. The van der Waals surface area contributed by atoms with E-state index in [-0.39, 0.29) is 5.84 Å². The van der Waals surface area contributed by atoms with Crippen LogP contribution in [-0.2, 0) is 0 Å². The number of amidine groups is 1. The number of nitrogens with one attached hydrogen (secondary N) is 1. The zero-order valence-electron chi connectivity index (χ0n) is 9.81. The van der Waals surface area contributed by atoms with Gasteiger partial charge in [0, 0.05) is 24.9 Å². The van der Waals surface area contributed by atoms with E-state index in [2.05, 4.69) is 22.3 Å². The van der Waals surface area contributed by atoms with Gasteiger partial charge in [0.15, 0.2) is 0 Å². The van der Waals surface area contributed by atoms with Gasteiger partial charge in [-0.2, -0.15) is 4.37 Å². The fourth-order valence-electron chi connectivity index (χ4n) is 1.76. The molecule has 1 aromatic carbocycles. The van der Waals surface area contributed by atoms with Crippen molar-refractivity contribution in [3.63, 3.8) is 0 Å². The highest BCUT2D eigenvalue weighted by atomic mass is 32.1. The van der Waals surface area contributed by atoms with Crippen LogP contribution >= 0.6 is 11.5 Å². The van der Waals surface area contributed by atoms with E-state index in [1.165, 1.54) is 21.9 Å². The van der Waals surface area contributed by atoms with Crippen LogP contribution in [0.4, 0.5) is 5.00 Å². The van der Waals surface area contributed by atoms with Crippen molar-refractivity contribution in [1.82, 2.24) is 4.37 Å². The number of aromatic nitrogens is 1. The zero-order valence-corrected chi connectivity index (χ0v) is 10.6. The second-order valence-electron chi connectivity index (χ2n) is 3.86. The molecule has 0 amide bonds. The van der Waals surface area contributed by atoms with Crippen LogP contribution in [0.2, 0.25) is 0 Å². The molecule has 0 fully saturated rings. The molecule has 0 radical (unpaired) electrons. The molecule has 0 atom stereocenters. The third kappa shape index (κ3) is 2.55. The van der Waals surface area contributed by atoms with Crippen molar-refractivity contribution in [3.05, 3.63) is 24.3 Å². The maximum atomic E-state index is 7.29. The van der Waals surface area contributed by atoms with E-state index in [1.54, 1.807) is 0 Å². The van der Waals surface area contributed by atoms with E-state index in [9.17, 15) is 0 Å². The molecule has 1 heterocycles. The van der Waals surface area contributed by atoms with Crippen LogP contribution in [0.15, 0.2) is 24.3 Å². The monoisotopic (exact) mass is 248 g/mol. The minimum atomic E-state index is 0.234. The van der Waals surface area contributed by atoms with E-state index in [0.29, 0.717) is 6.42 Å². The van der Waals surface area contributed by atoms with Crippen molar-refractivity contribution in [3.8, 4) is 0 Å². The molecule has 0 aliphatic rings. The first kappa shape index (κ1) is 11.9. The van der Waals surface area contributed by atoms with Gasteiger partial charge in [0.05, 0.1) is 11.4 Å². The van der Waals surface area contributed by atoms with Gasteiger partial charge in [-0.15, -0.1) is 0 Å². The SMILES string of the molecule is CCN(CCC(=N)N)c1snc2ccccc12. The molecule has 2 aromatic rings. The molecular formula is C12H16N4S. The fourth-order valence-corrected chi connectivity index (χ4v) is 2.71. The molecule has 0 bridgehead atoms. The molecule has 90 valence electrons. The predicted molar refractivity (Wildman–Crippen MR) is 74.0 cm³/mol. The molecule has 1 aromatic heterocycles. The number of anilines is 1. The lowest BCUT2D eigenvalue weighted by Crippen LogP contribution is -2.26. The lowest BCUT2D eigenvalue weighted by molar-refractivity contribution is 0.843. The summed E-state index contributed by atoms with van der Waals surface area (Å²) in [4.78, 5) is 2.22. The van der Waals surface area contributed by atoms with Crippen molar-refractivity contribution >= 4 is 33.3 Å². The van der Waals surface area contributed by atoms with Gasteiger partial charge in [0.2, 0.25) is 0 Å². The molecule has 0 aliphatic heterocycles. The second kappa shape index (κ2) is 5.14. The molecule has 17 heavy (non-hydrogen) atoms. The van der Waals surface area contributed by atoms with Gasteiger partial charge < -0.3 is 10.6 Å². The number of fused-ring (bicyclic) bond motifs is 1. The van der Waals surface area contributed by atoms with Gasteiger partial charge in [-0.05, 0) is 30.6 Å². The third-order valence-corrected chi connectivity index (χ3v) is 3.62. The molecule has 5 heteroatoms. The van der Waals surface area contributed by atoms with Crippen molar-refractivity contribution in [1.29, 1.82) is 5.41 Å². The Hall–Kier alpha value is -1.62. The molecule has 3 N–H and O–H groups in total. The van der Waals surface area contributed by atoms with Crippen LogP contribution in [0.3, 0.4) is 0 Å². The van der Waals surface area contributed by atoms with Crippen LogP contribution in [0.1, 0.15) is 13.3 Å². The first-order valence-electron chi connectivity index (χ1n) is 5.64.